The van der Waals surface area contributed by atoms with E-state index in [2.05, 4.69) is 15.0 Å². The van der Waals surface area contributed by atoms with Crippen LogP contribution in [0.1, 0.15) is 28.4 Å². The van der Waals surface area contributed by atoms with Crippen molar-refractivity contribution in [3.63, 3.8) is 0 Å². The average Bonchev–Trinajstić information content (AvgIpc) is 2.43. The van der Waals surface area contributed by atoms with Crippen molar-refractivity contribution in [3.8, 4) is 0 Å². The van der Waals surface area contributed by atoms with Crippen molar-refractivity contribution >= 4 is 5.97 Å². The molecule has 1 aromatic rings. The molecule has 6 heteroatoms. The van der Waals surface area contributed by atoms with Crippen molar-refractivity contribution in [2.24, 2.45) is 0 Å². The monoisotopic (exact) mass is 254 g/mol. The normalized spacial score (nSPS) is 14.0. The predicted octanol–water partition coefficient (Wildman–Crippen LogP) is -0.128. The van der Waals surface area contributed by atoms with Gasteiger partial charge in [-0.15, -0.1) is 0 Å². The van der Waals surface area contributed by atoms with Crippen molar-refractivity contribution in [2.45, 2.75) is 18.6 Å². The second-order valence-corrected chi connectivity index (χ2v) is 3.86. The Kier molecular flexibility index (Phi) is 5.70. The third kappa shape index (κ3) is 3.49. The smallest absolute Gasteiger partial charge is 0.338 e. The van der Waals surface area contributed by atoms with Crippen LogP contribution in [-0.4, -0.2) is 48.0 Å². The molecule has 0 amide bonds. The molecule has 18 heavy (non-hydrogen) atoms. The number of hydrogen-bond donors (Lipinski definition) is 3. The number of aliphatic hydroxyl groups excluding tert-OH is 2. The number of nitrogens with one attached hydrogen (secondary N) is 1. The molecule has 1 heterocycles. The third-order valence-corrected chi connectivity index (χ3v) is 2.63. The summed E-state index contributed by atoms with van der Waals surface area (Å²) in [5.41, 5.74) is 0.483. The highest BCUT2D eigenvalue weighted by atomic mass is 16.5. The predicted molar refractivity (Wildman–Crippen MR) is 65.1 cm³/mol. The van der Waals surface area contributed by atoms with Crippen LogP contribution < -0.4 is 5.32 Å². The zero-order valence-electron chi connectivity index (χ0n) is 10.5. The zero-order valence-corrected chi connectivity index (χ0v) is 10.5. The molecule has 0 saturated carbocycles. The van der Waals surface area contributed by atoms with Crippen molar-refractivity contribution in [1.82, 2.24) is 10.3 Å². The highest BCUT2D eigenvalue weighted by Gasteiger charge is 2.23. The summed E-state index contributed by atoms with van der Waals surface area (Å²) < 4.78 is 4.62. The Morgan fingerprint density at radius 2 is 2.28 bits per heavy atom. The number of methoxy groups -OCH3 is 1. The summed E-state index contributed by atoms with van der Waals surface area (Å²) in [5, 5.41) is 22.7. The van der Waals surface area contributed by atoms with E-state index >= 15 is 0 Å². The second kappa shape index (κ2) is 7.05. The lowest BCUT2D eigenvalue weighted by atomic mass is 9.99. The van der Waals surface area contributed by atoms with E-state index in [-0.39, 0.29) is 11.1 Å². The van der Waals surface area contributed by atoms with Crippen LogP contribution in [-0.2, 0) is 4.74 Å². The number of hydrogen-bond acceptors (Lipinski definition) is 6. The molecule has 0 bridgehead atoms. The lowest BCUT2D eigenvalue weighted by molar-refractivity contribution is 0.0127. The van der Waals surface area contributed by atoms with Crippen molar-refractivity contribution in [3.05, 3.63) is 29.6 Å². The molecule has 0 saturated heterocycles. The maximum atomic E-state index is 11.5. The zero-order chi connectivity index (χ0) is 13.5. The SMILES string of the molecule is CNCCC(O)C(O)c1cnccc1C(=O)OC. The van der Waals surface area contributed by atoms with E-state index in [0.29, 0.717) is 13.0 Å². The molecule has 0 spiro atoms. The van der Waals surface area contributed by atoms with E-state index < -0.39 is 18.2 Å². The number of aromatic nitrogens is 1. The number of nitrogens with zero attached hydrogens (tertiary/aromatic N) is 1. The number of ether oxygens (including phenoxy) is 1. The molecular formula is C12H18N2O4. The summed E-state index contributed by atoms with van der Waals surface area (Å²) >= 11 is 0. The average molecular weight is 254 g/mol. The quantitative estimate of drug-likeness (QED) is 0.613. The molecule has 0 aliphatic carbocycles. The maximum Gasteiger partial charge on any atom is 0.338 e. The number of aliphatic hydroxyl groups is 2. The first-order valence-corrected chi connectivity index (χ1v) is 5.64. The Balaban J connectivity index is 2.90. The fraction of sp³-hybridized carbons (Fsp3) is 0.500. The van der Waals surface area contributed by atoms with Crippen LogP contribution in [0.15, 0.2) is 18.5 Å². The Morgan fingerprint density at radius 1 is 1.56 bits per heavy atom. The van der Waals surface area contributed by atoms with E-state index in [1.54, 1.807) is 7.05 Å². The molecule has 3 N–H and O–H groups in total. The number of carbonyl (C=O) groups excluding carboxylic acids is 1. The van der Waals surface area contributed by atoms with Gasteiger partial charge in [0.05, 0.1) is 18.8 Å². The van der Waals surface area contributed by atoms with Gasteiger partial charge in [-0.2, -0.15) is 0 Å². The summed E-state index contributed by atoms with van der Waals surface area (Å²) in [6.07, 6.45) is 1.03. The standard InChI is InChI=1S/C12H18N2O4/c1-13-5-4-10(15)11(16)9-7-14-6-3-8(9)12(17)18-2/h3,6-7,10-11,13,15-16H,4-5H2,1-2H3. The summed E-state index contributed by atoms with van der Waals surface area (Å²) in [7, 11) is 3.01. The molecule has 0 fully saturated rings. The fourth-order valence-electron chi connectivity index (χ4n) is 1.60. The van der Waals surface area contributed by atoms with Gasteiger partial charge in [0.25, 0.3) is 0 Å². The van der Waals surface area contributed by atoms with Gasteiger partial charge in [0.1, 0.15) is 6.10 Å². The topological polar surface area (TPSA) is 91.7 Å². The Bertz CT molecular complexity index is 397. The Morgan fingerprint density at radius 3 is 2.89 bits per heavy atom. The third-order valence-electron chi connectivity index (χ3n) is 2.63. The maximum absolute atomic E-state index is 11.5. The number of rotatable bonds is 6. The molecule has 100 valence electrons. The van der Waals surface area contributed by atoms with Gasteiger partial charge in [-0.25, -0.2) is 4.79 Å². The van der Waals surface area contributed by atoms with Crippen LogP contribution in [0, 0.1) is 0 Å². The van der Waals surface area contributed by atoms with Crippen LogP contribution in [0.5, 0.6) is 0 Å². The first-order chi connectivity index (χ1) is 8.61. The second-order valence-electron chi connectivity index (χ2n) is 3.86. The van der Waals surface area contributed by atoms with E-state index in [1.165, 1.54) is 25.6 Å². The van der Waals surface area contributed by atoms with Gasteiger partial charge in [0.2, 0.25) is 0 Å². The van der Waals surface area contributed by atoms with Crippen molar-refractivity contribution < 1.29 is 19.7 Å². The van der Waals surface area contributed by atoms with Crippen LogP contribution in [0.3, 0.4) is 0 Å². The molecule has 1 rings (SSSR count). The van der Waals surface area contributed by atoms with Gasteiger partial charge in [-0.05, 0) is 26.1 Å². The van der Waals surface area contributed by atoms with E-state index in [1.807, 2.05) is 0 Å². The van der Waals surface area contributed by atoms with E-state index in [9.17, 15) is 15.0 Å². The van der Waals surface area contributed by atoms with Gasteiger partial charge < -0.3 is 20.3 Å². The first kappa shape index (κ1) is 14.6. The van der Waals surface area contributed by atoms with Crippen molar-refractivity contribution in [1.29, 1.82) is 0 Å². The van der Waals surface area contributed by atoms with E-state index in [0.717, 1.165) is 0 Å². The van der Waals surface area contributed by atoms with Crippen LogP contribution in [0.25, 0.3) is 0 Å². The molecule has 0 aliphatic heterocycles. The largest absolute Gasteiger partial charge is 0.465 e. The number of pyridine rings is 1. The highest BCUT2D eigenvalue weighted by Crippen LogP contribution is 2.22. The van der Waals surface area contributed by atoms with Gasteiger partial charge in [-0.1, -0.05) is 0 Å². The van der Waals surface area contributed by atoms with Gasteiger partial charge in [-0.3, -0.25) is 4.98 Å². The molecule has 0 radical (unpaired) electrons. The Labute approximate surface area is 106 Å². The molecule has 6 nitrogen and oxygen atoms in total. The molecule has 0 aromatic carbocycles. The lowest BCUT2D eigenvalue weighted by Crippen LogP contribution is -2.25. The molecule has 0 aliphatic rings. The summed E-state index contributed by atoms with van der Waals surface area (Å²) in [5.74, 6) is -0.563. The minimum atomic E-state index is -1.17. The molecule has 2 unspecified atom stereocenters. The summed E-state index contributed by atoms with van der Waals surface area (Å²) in [4.78, 5) is 15.4. The summed E-state index contributed by atoms with van der Waals surface area (Å²) in [6.45, 7) is 0.562. The van der Waals surface area contributed by atoms with E-state index in [4.69, 9.17) is 0 Å². The molecule has 1 aromatic heterocycles. The number of esters is 1. The van der Waals surface area contributed by atoms with Crippen LogP contribution in [0.4, 0.5) is 0 Å². The van der Waals surface area contributed by atoms with Gasteiger partial charge in [0, 0.05) is 18.0 Å². The molecular weight excluding hydrogens is 236 g/mol. The first-order valence-electron chi connectivity index (χ1n) is 5.64. The van der Waals surface area contributed by atoms with Crippen molar-refractivity contribution in [2.75, 3.05) is 20.7 Å². The van der Waals surface area contributed by atoms with Gasteiger partial charge in [0.15, 0.2) is 0 Å². The minimum Gasteiger partial charge on any atom is -0.465 e. The highest BCUT2D eigenvalue weighted by molar-refractivity contribution is 5.90. The van der Waals surface area contributed by atoms with Crippen LogP contribution >= 0.6 is 0 Å². The fourth-order valence-corrected chi connectivity index (χ4v) is 1.60. The van der Waals surface area contributed by atoms with Crippen LogP contribution in [0.2, 0.25) is 0 Å². The number of carbonyl (C=O) groups is 1. The minimum absolute atomic E-state index is 0.212. The van der Waals surface area contributed by atoms with Gasteiger partial charge >= 0.3 is 5.97 Å². The Hall–Kier alpha value is -1.50. The summed E-state index contributed by atoms with van der Waals surface area (Å²) in [6, 6.07) is 1.45. The molecule has 2 atom stereocenters. The lowest BCUT2D eigenvalue weighted by Gasteiger charge is -2.19.